The molecule has 4 rings (SSSR count). The molecule has 0 radical (unpaired) electrons. The van der Waals surface area contributed by atoms with E-state index in [9.17, 15) is 34.1 Å². The maximum absolute atomic E-state index is 13.3. The van der Waals surface area contributed by atoms with Gasteiger partial charge in [-0.2, -0.15) is 0 Å². The van der Waals surface area contributed by atoms with E-state index in [1.54, 1.807) is 12.1 Å². The maximum Gasteiger partial charge on any atom is 0.339 e. The summed E-state index contributed by atoms with van der Waals surface area (Å²) in [6.07, 6.45) is 2.06. The van der Waals surface area contributed by atoms with Crippen LogP contribution in [0.3, 0.4) is 0 Å². The van der Waals surface area contributed by atoms with Gasteiger partial charge in [0.15, 0.2) is 6.61 Å². The summed E-state index contributed by atoms with van der Waals surface area (Å²) in [6.45, 7) is 6.30. The molecule has 2 N–H and O–H groups in total. The number of amides is 4. The fourth-order valence-electron chi connectivity index (χ4n) is 4.74. The Morgan fingerprint density at radius 3 is 2.40 bits per heavy atom. The third-order valence-electron chi connectivity index (χ3n) is 7.19. The van der Waals surface area contributed by atoms with Crippen LogP contribution in [0.1, 0.15) is 43.1 Å². The average molecular weight is 724 g/mol. The average Bonchev–Trinajstić information content (AvgIpc) is 3.35. The van der Waals surface area contributed by atoms with E-state index in [0.29, 0.717) is 36.8 Å². The molecule has 50 heavy (non-hydrogen) atoms. The summed E-state index contributed by atoms with van der Waals surface area (Å²) in [5, 5.41) is 15.7. The van der Waals surface area contributed by atoms with E-state index in [2.05, 4.69) is 10.6 Å². The van der Waals surface area contributed by atoms with E-state index in [0.717, 1.165) is 10.6 Å². The Morgan fingerprint density at radius 2 is 1.70 bits per heavy atom. The highest BCUT2D eigenvalue weighted by molar-refractivity contribution is 8.18. The molecule has 1 aliphatic heterocycles. The molecular formula is C34H34ClN5O9S. The van der Waals surface area contributed by atoms with Gasteiger partial charge >= 0.3 is 5.97 Å². The first-order valence-corrected chi connectivity index (χ1v) is 16.7. The number of thioether (sulfide) groups is 1. The van der Waals surface area contributed by atoms with Crippen LogP contribution in [-0.4, -0.2) is 71.6 Å². The lowest BCUT2D eigenvalue weighted by Crippen LogP contribution is -2.36. The van der Waals surface area contributed by atoms with E-state index in [4.69, 9.17) is 21.1 Å². The highest BCUT2D eigenvalue weighted by Gasteiger charge is 2.36. The van der Waals surface area contributed by atoms with Crippen molar-refractivity contribution < 1.29 is 38.4 Å². The molecule has 1 aliphatic rings. The van der Waals surface area contributed by atoms with E-state index in [1.807, 2.05) is 31.7 Å². The summed E-state index contributed by atoms with van der Waals surface area (Å²) in [5.41, 5.74) is 1.48. The number of rotatable bonds is 15. The molecule has 0 bridgehead atoms. The predicted octanol–water partition coefficient (Wildman–Crippen LogP) is 6.35. The molecule has 3 aromatic rings. The number of non-ortho nitro benzene ring substituents is 1. The minimum atomic E-state index is -0.711. The Labute approximate surface area is 296 Å². The Hall–Kier alpha value is -5.41. The Kier molecular flexibility index (Phi) is 12.9. The van der Waals surface area contributed by atoms with Crippen molar-refractivity contribution in [2.45, 2.75) is 27.2 Å². The number of nitrogens with one attached hydrogen (secondary N) is 2. The number of nitro groups is 1. The third kappa shape index (κ3) is 9.60. The first kappa shape index (κ1) is 37.4. The zero-order valence-corrected chi connectivity index (χ0v) is 29.0. The first-order valence-electron chi connectivity index (χ1n) is 15.5. The van der Waals surface area contributed by atoms with Gasteiger partial charge in [-0.1, -0.05) is 24.6 Å². The number of imide groups is 1. The Balaban J connectivity index is 1.49. The van der Waals surface area contributed by atoms with E-state index in [-0.39, 0.29) is 44.9 Å². The number of benzene rings is 3. The predicted molar refractivity (Wildman–Crippen MR) is 191 cm³/mol. The normalized spacial score (nSPS) is 13.3. The monoisotopic (exact) mass is 723 g/mol. The summed E-state index contributed by atoms with van der Waals surface area (Å²) < 4.78 is 11.0. The first-order chi connectivity index (χ1) is 23.9. The topological polar surface area (TPSA) is 177 Å². The van der Waals surface area contributed by atoms with Crippen LogP contribution in [0.5, 0.6) is 5.75 Å². The molecule has 1 fully saturated rings. The molecule has 0 saturated carbocycles. The van der Waals surface area contributed by atoms with Gasteiger partial charge in [-0.3, -0.25) is 34.2 Å². The molecule has 16 heteroatoms. The number of carbonyl (C=O) groups excluding carboxylic acids is 5. The highest BCUT2D eigenvalue weighted by atomic mass is 35.5. The zero-order chi connectivity index (χ0) is 36.4. The summed E-state index contributed by atoms with van der Waals surface area (Å²) in [4.78, 5) is 77.5. The van der Waals surface area contributed by atoms with E-state index in [1.165, 1.54) is 48.5 Å². The van der Waals surface area contributed by atoms with Gasteiger partial charge in [0.1, 0.15) is 12.3 Å². The molecule has 1 saturated heterocycles. The lowest BCUT2D eigenvalue weighted by atomic mass is 10.1. The van der Waals surface area contributed by atoms with Crippen LogP contribution in [0.4, 0.5) is 27.5 Å². The van der Waals surface area contributed by atoms with Crippen molar-refractivity contribution in [3.05, 3.63) is 91.8 Å². The maximum atomic E-state index is 13.3. The summed E-state index contributed by atoms with van der Waals surface area (Å²) in [6, 6.07) is 14.9. The number of hydrogen-bond donors (Lipinski definition) is 2. The van der Waals surface area contributed by atoms with E-state index < -0.39 is 47.0 Å². The molecule has 262 valence electrons. The molecule has 0 aliphatic carbocycles. The molecule has 0 spiro atoms. The van der Waals surface area contributed by atoms with Crippen molar-refractivity contribution >= 4 is 81.1 Å². The second kappa shape index (κ2) is 17.3. The fourth-order valence-corrected chi connectivity index (χ4v) is 5.77. The van der Waals surface area contributed by atoms with Gasteiger partial charge in [-0.15, -0.1) is 0 Å². The second-order valence-corrected chi connectivity index (χ2v) is 12.1. The molecule has 0 atom stereocenters. The van der Waals surface area contributed by atoms with Gasteiger partial charge in [0, 0.05) is 53.9 Å². The summed E-state index contributed by atoms with van der Waals surface area (Å²) in [7, 11) is 0. The minimum absolute atomic E-state index is 0.0248. The number of halogens is 1. The van der Waals surface area contributed by atoms with Crippen molar-refractivity contribution in [3.8, 4) is 5.75 Å². The number of anilines is 3. The lowest BCUT2D eigenvalue weighted by molar-refractivity contribution is -0.384. The van der Waals surface area contributed by atoms with Gasteiger partial charge in [0.2, 0.25) is 5.91 Å². The van der Waals surface area contributed by atoms with Gasteiger partial charge in [-0.25, -0.2) is 4.79 Å². The largest absolute Gasteiger partial charge is 0.483 e. The van der Waals surface area contributed by atoms with Crippen LogP contribution in [-0.2, 0) is 19.1 Å². The number of nitro benzene ring substituents is 1. The van der Waals surface area contributed by atoms with Crippen LogP contribution >= 0.6 is 23.4 Å². The third-order valence-corrected chi connectivity index (χ3v) is 8.43. The lowest BCUT2D eigenvalue weighted by Gasteiger charge is -2.22. The van der Waals surface area contributed by atoms with Crippen LogP contribution < -0.4 is 20.3 Å². The van der Waals surface area contributed by atoms with Crippen molar-refractivity contribution in [2.75, 3.05) is 48.4 Å². The van der Waals surface area contributed by atoms with Gasteiger partial charge in [0.05, 0.1) is 27.0 Å². The quantitative estimate of drug-likeness (QED) is 0.0772. The van der Waals surface area contributed by atoms with Crippen LogP contribution in [0.25, 0.3) is 6.08 Å². The Bertz CT molecular complexity index is 1850. The molecule has 0 unspecified atom stereocenters. The van der Waals surface area contributed by atoms with Crippen LogP contribution in [0.2, 0.25) is 5.02 Å². The minimum Gasteiger partial charge on any atom is -0.483 e. The van der Waals surface area contributed by atoms with E-state index >= 15 is 0 Å². The van der Waals surface area contributed by atoms with Gasteiger partial charge in [-0.05, 0) is 74.5 Å². The number of carbonyl (C=O) groups is 5. The van der Waals surface area contributed by atoms with Gasteiger partial charge < -0.3 is 25.0 Å². The summed E-state index contributed by atoms with van der Waals surface area (Å²) >= 11 is 6.76. The molecule has 3 aromatic carbocycles. The molecular weight excluding hydrogens is 690 g/mol. The smallest absolute Gasteiger partial charge is 0.339 e. The zero-order valence-electron chi connectivity index (χ0n) is 27.4. The Morgan fingerprint density at radius 1 is 0.980 bits per heavy atom. The number of esters is 1. The number of nitrogens with zero attached hydrogens (tertiary/aromatic N) is 3. The number of hydrogen-bond acceptors (Lipinski definition) is 11. The standard InChI is InChI=1S/C34H34ClN5O9S/c1-4-14-48-33(44)26-17-23(11-13-27(26)35)36-30(41)19-39-32(43)29(50-34(39)45)15-21-10-12-24(38(5-2)6-3)18-28(21)49-20-31(42)37-22-8-7-9-25(16-22)40(46)47/h7-13,15-18H,4-6,14,19-20H2,1-3H3,(H,36,41)(H,37,42)/b29-15+. The molecule has 14 nitrogen and oxygen atoms in total. The molecule has 4 amide bonds. The molecule has 0 aromatic heterocycles. The summed E-state index contributed by atoms with van der Waals surface area (Å²) in [5.74, 6) is -2.39. The van der Waals surface area contributed by atoms with Gasteiger partial charge in [0.25, 0.3) is 22.7 Å². The second-order valence-electron chi connectivity index (χ2n) is 10.7. The van der Waals surface area contributed by atoms with Crippen LogP contribution in [0.15, 0.2) is 65.6 Å². The van der Waals surface area contributed by atoms with Crippen LogP contribution in [0, 0.1) is 10.1 Å². The number of ether oxygens (including phenoxy) is 2. The SMILES string of the molecule is CCCOC(=O)c1cc(NC(=O)CN2C(=O)S/C(=C/c3ccc(N(CC)CC)cc3OCC(=O)Nc3cccc([N+](=O)[O-])c3)C2=O)ccc1Cl. The fraction of sp³-hybridized carbons (Fsp3) is 0.265. The van der Waals surface area contributed by atoms with Crippen molar-refractivity contribution in [1.29, 1.82) is 0 Å². The van der Waals surface area contributed by atoms with Crippen molar-refractivity contribution in [1.82, 2.24) is 4.90 Å². The molecule has 1 heterocycles. The highest BCUT2D eigenvalue weighted by Crippen LogP contribution is 2.35. The van der Waals surface area contributed by atoms with Crippen molar-refractivity contribution in [3.63, 3.8) is 0 Å². The van der Waals surface area contributed by atoms with Crippen molar-refractivity contribution in [2.24, 2.45) is 0 Å².